The second-order valence-corrected chi connectivity index (χ2v) is 5.88. The number of pyridine rings is 1. The van der Waals surface area contributed by atoms with Gasteiger partial charge in [-0.25, -0.2) is 9.78 Å². The predicted octanol–water partition coefficient (Wildman–Crippen LogP) is 1.88. The molecule has 0 bridgehead atoms. The van der Waals surface area contributed by atoms with Gasteiger partial charge in [-0.1, -0.05) is 12.1 Å². The number of nitrogen functional groups attached to an aromatic ring is 2. The number of aromatic nitrogens is 1. The Bertz CT molecular complexity index is 799. The Morgan fingerprint density at radius 1 is 1.15 bits per heavy atom. The van der Waals surface area contributed by atoms with Crippen molar-refractivity contribution in [2.24, 2.45) is 10.2 Å². The molecule has 2 atom stereocenters. The van der Waals surface area contributed by atoms with Crippen LogP contribution in [-0.2, 0) is 4.79 Å². The Hall–Kier alpha value is -3.04. The summed E-state index contributed by atoms with van der Waals surface area (Å²) in [6, 6.07) is 9.00. The number of aliphatic hydroxyl groups is 1. The lowest BCUT2D eigenvalue weighted by Gasteiger charge is -2.24. The van der Waals surface area contributed by atoms with Crippen LogP contribution >= 0.6 is 0 Å². The number of para-hydroxylation sites is 1. The molecule has 2 aromatic rings. The highest BCUT2D eigenvalue weighted by atomic mass is 16.5. The maximum Gasteiger partial charge on any atom is 0.331 e. The SMILES string of the molecule is C[C@H](O)[C@H](C(=O)Oc1ccccc1/N=N/c1ccc(N)nc1N)N(C)C. The van der Waals surface area contributed by atoms with E-state index < -0.39 is 18.1 Å². The van der Waals surface area contributed by atoms with Gasteiger partial charge in [-0.3, -0.25) is 4.90 Å². The number of likely N-dealkylation sites (N-methyl/N-ethyl adjacent to an activating group) is 1. The highest BCUT2D eigenvalue weighted by Gasteiger charge is 2.28. The number of carbonyl (C=O) groups is 1. The maximum atomic E-state index is 12.4. The number of ether oxygens (including phenoxy) is 1. The summed E-state index contributed by atoms with van der Waals surface area (Å²) < 4.78 is 5.41. The summed E-state index contributed by atoms with van der Waals surface area (Å²) in [6.45, 7) is 1.52. The number of hydrogen-bond donors (Lipinski definition) is 3. The lowest BCUT2D eigenvalue weighted by atomic mass is 10.1. The number of rotatable bonds is 6. The first-order valence-corrected chi connectivity index (χ1v) is 7.88. The number of anilines is 2. The predicted molar refractivity (Wildman–Crippen MR) is 98.5 cm³/mol. The van der Waals surface area contributed by atoms with Crippen molar-refractivity contribution in [3.63, 3.8) is 0 Å². The first-order chi connectivity index (χ1) is 12.3. The molecule has 9 heteroatoms. The fourth-order valence-electron chi connectivity index (χ4n) is 2.31. The van der Waals surface area contributed by atoms with E-state index >= 15 is 0 Å². The number of aliphatic hydroxyl groups excluding tert-OH is 1. The van der Waals surface area contributed by atoms with Crippen LogP contribution < -0.4 is 16.2 Å². The van der Waals surface area contributed by atoms with Gasteiger partial charge in [0.05, 0.1) is 6.10 Å². The zero-order valence-corrected chi connectivity index (χ0v) is 14.8. The summed E-state index contributed by atoms with van der Waals surface area (Å²) in [4.78, 5) is 17.9. The zero-order chi connectivity index (χ0) is 19.3. The number of benzene rings is 1. The molecule has 5 N–H and O–H groups in total. The van der Waals surface area contributed by atoms with E-state index in [0.29, 0.717) is 11.4 Å². The van der Waals surface area contributed by atoms with Crippen molar-refractivity contribution in [1.29, 1.82) is 0 Å². The van der Waals surface area contributed by atoms with Crippen LogP contribution in [-0.4, -0.2) is 47.2 Å². The van der Waals surface area contributed by atoms with E-state index in [0.717, 1.165) is 0 Å². The van der Waals surface area contributed by atoms with Crippen molar-refractivity contribution >= 4 is 29.0 Å². The Balaban J connectivity index is 2.25. The molecule has 0 radical (unpaired) electrons. The van der Waals surface area contributed by atoms with E-state index in [9.17, 15) is 9.90 Å². The first kappa shape index (κ1) is 19.3. The summed E-state index contributed by atoms with van der Waals surface area (Å²) in [7, 11) is 3.36. The zero-order valence-electron chi connectivity index (χ0n) is 14.8. The van der Waals surface area contributed by atoms with Gasteiger partial charge < -0.3 is 21.3 Å². The topological polar surface area (TPSA) is 139 Å². The fraction of sp³-hybridized carbons (Fsp3) is 0.294. The van der Waals surface area contributed by atoms with Crippen molar-refractivity contribution in [1.82, 2.24) is 9.88 Å². The van der Waals surface area contributed by atoms with Crippen LogP contribution in [0.1, 0.15) is 6.92 Å². The van der Waals surface area contributed by atoms with Crippen LogP contribution in [0.2, 0.25) is 0 Å². The third kappa shape index (κ3) is 4.74. The standard InChI is InChI=1S/C17H22N6O3/c1-10(24)15(23(2)3)17(25)26-13-7-5-4-6-11(13)21-22-12-8-9-14(18)20-16(12)19/h4-10,15,24H,1-3H3,(H4,18,19,20)/b22-21+/t10-,15+/m0/s1. The second-order valence-electron chi connectivity index (χ2n) is 5.88. The molecule has 1 heterocycles. The Kier molecular flexibility index (Phi) is 6.21. The number of azo groups is 1. The van der Waals surface area contributed by atoms with Gasteiger partial charge in [-0.15, -0.1) is 10.2 Å². The molecule has 0 fully saturated rings. The highest BCUT2D eigenvalue weighted by Crippen LogP contribution is 2.30. The van der Waals surface area contributed by atoms with Gasteiger partial charge in [0.1, 0.15) is 23.2 Å². The van der Waals surface area contributed by atoms with Crippen molar-refractivity contribution in [2.75, 3.05) is 25.6 Å². The molecule has 0 aliphatic rings. The van der Waals surface area contributed by atoms with E-state index in [4.69, 9.17) is 16.2 Å². The van der Waals surface area contributed by atoms with Crippen LogP contribution in [0.25, 0.3) is 0 Å². The number of esters is 1. The third-order valence-corrected chi connectivity index (χ3v) is 3.52. The molecule has 0 amide bonds. The van der Waals surface area contributed by atoms with E-state index in [1.54, 1.807) is 55.4 Å². The molecule has 2 rings (SSSR count). The molecule has 0 aliphatic heterocycles. The molecule has 1 aromatic carbocycles. The number of nitrogens with two attached hydrogens (primary N) is 2. The molecular formula is C17H22N6O3. The third-order valence-electron chi connectivity index (χ3n) is 3.52. The van der Waals surface area contributed by atoms with Crippen molar-refractivity contribution in [3.05, 3.63) is 36.4 Å². The molecule has 1 aromatic heterocycles. The highest BCUT2D eigenvalue weighted by molar-refractivity contribution is 5.80. The minimum absolute atomic E-state index is 0.144. The molecule has 138 valence electrons. The van der Waals surface area contributed by atoms with Gasteiger partial charge in [0.2, 0.25) is 0 Å². The largest absolute Gasteiger partial charge is 0.423 e. The van der Waals surface area contributed by atoms with E-state index in [1.807, 2.05) is 0 Å². The molecule has 0 unspecified atom stereocenters. The molecule has 0 spiro atoms. The number of carbonyl (C=O) groups excluding carboxylic acids is 1. The van der Waals surface area contributed by atoms with Crippen molar-refractivity contribution in [3.8, 4) is 5.75 Å². The average molecular weight is 358 g/mol. The first-order valence-electron chi connectivity index (χ1n) is 7.88. The van der Waals surface area contributed by atoms with Crippen molar-refractivity contribution < 1.29 is 14.6 Å². The Morgan fingerprint density at radius 2 is 1.81 bits per heavy atom. The summed E-state index contributed by atoms with van der Waals surface area (Å²) in [5, 5.41) is 17.9. The number of hydrogen-bond acceptors (Lipinski definition) is 9. The van der Waals surface area contributed by atoms with Crippen molar-refractivity contribution in [2.45, 2.75) is 19.1 Å². The molecule has 0 aliphatic carbocycles. The van der Waals surface area contributed by atoms with Crippen LogP contribution in [0.5, 0.6) is 5.75 Å². The van der Waals surface area contributed by atoms with Gasteiger partial charge in [-0.2, -0.15) is 0 Å². The fourth-order valence-corrected chi connectivity index (χ4v) is 2.31. The van der Waals surface area contributed by atoms with Crippen LogP contribution in [0.4, 0.5) is 23.0 Å². The van der Waals surface area contributed by atoms with Crippen LogP contribution in [0, 0.1) is 0 Å². The lowest BCUT2D eigenvalue weighted by molar-refractivity contribution is -0.143. The minimum Gasteiger partial charge on any atom is -0.423 e. The summed E-state index contributed by atoms with van der Waals surface area (Å²) in [5.41, 5.74) is 12.0. The Morgan fingerprint density at radius 3 is 2.42 bits per heavy atom. The maximum absolute atomic E-state index is 12.4. The molecular weight excluding hydrogens is 336 g/mol. The number of nitrogens with zero attached hydrogens (tertiary/aromatic N) is 4. The summed E-state index contributed by atoms with van der Waals surface area (Å²) >= 11 is 0. The normalized spacial score (nSPS) is 13.7. The lowest BCUT2D eigenvalue weighted by Crippen LogP contribution is -2.46. The van der Waals surface area contributed by atoms with E-state index in [2.05, 4.69) is 15.2 Å². The van der Waals surface area contributed by atoms with Gasteiger partial charge in [0.15, 0.2) is 11.6 Å². The molecule has 0 saturated heterocycles. The monoisotopic (exact) mass is 358 g/mol. The van der Waals surface area contributed by atoms with Gasteiger partial charge in [0.25, 0.3) is 0 Å². The van der Waals surface area contributed by atoms with Crippen LogP contribution in [0.3, 0.4) is 0 Å². The van der Waals surface area contributed by atoms with Gasteiger partial charge in [-0.05, 0) is 45.3 Å². The smallest absolute Gasteiger partial charge is 0.331 e. The molecule has 0 saturated carbocycles. The second kappa shape index (κ2) is 8.37. The summed E-state index contributed by atoms with van der Waals surface area (Å²) in [6.07, 6.45) is -0.896. The van der Waals surface area contributed by atoms with E-state index in [1.165, 1.54) is 6.92 Å². The van der Waals surface area contributed by atoms with Gasteiger partial charge in [0, 0.05) is 0 Å². The van der Waals surface area contributed by atoms with Crippen LogP contribution in [0.15, 0.2) is 46.6 Å². The Labute approximate surface area is 151 Å². The van der Waals surface area contributed by atoms with E-state index in [-0.39, 0.29) is 17.4 Å². The molecule has 9 nitrogen and oxygen atoms in total. The molecule has 26 heavy (non-hydrogen) atoms. The van der Waals surface area contributed by atoms with Gasteiger partial charge >= 0.3 is 5.97 Å². The minimum atomic E-state index is -0.896. The quantitative estimate of drug-likeness (QED) is 0.407. The average Bonchev–Trinajstić information content (AvgIpc) is 2.54. The summed E-state index contributed by atoms with van der Waals surface area (Å²) in [5.74, 6) is 0.0469.